The number of amides is 1. The molecule has 20 heavy (non-hydrogen) atoms. The van der Waals surface area contributed by atoms with Gasteiger partial charge in [-0.1, -0.05) is 12.1 Å². The molecule has 1 amide bonds. The maximum absolute atomic E-state index is 12.0. The lowest BCUT2D eigenvalue weighted by atomic mass is 10.2. The molecule has 4 nitrogen and oxygen atoms in total. The van der Waals surface area contributed by atoms with Crippen molar-refractivity contribution < 1.29 is 18.3 Å². The zero-order chi connectivity index (χ0) is 14.3. The van der Waals surface area contributed by atoms with Crippen molar-refractivity contribution >= 4 is 18.3 Å². The number of carbonyl (C=O) groups is 1. The van der Waals surface area contributed by atoms with Crippen molar-refractivity contribution in [2.45, 2.75) is 26.0 Å². The quantitative estimate of drug-likeness (QED) is 0.841. The molecule has 1 aromatic carbocycles. The van der Waals surface area contributed by atoms with Crippen LogP contribution in [0.2, 0.25) is 0 Å². The number of hydrogen-bond acceptors (Lipinski definition) is 3. The van der Waals surface area contributed by atoms with Crippen molar-refractivity contribution in [1.29, 1.82) is 0 Å². The van der Waals surface area contributed by atoms with Crippen molar-refractivity contribution in [3.05, 3.63) is 29.8 Å². The van der Waals surface area contributed by atoms with Gasteiger partial charge in [-0.05, 0) is 30.7 Å². The van der Waals surface area contributed by atoms with Gasteiger partial charge in [-0.25, -0.2) is 0 Å². The highest BCUT2D eigenvalue weighted by Crippen LogP contribution is 2.15. The number of nitrogens with two attached hydrogens (primary N) is 1. The highest BCUT2D eigenvalue weighted by molar-refractivity contribution is 5.85. The molecule has 1 rings (SSSR count). The summed E-state index contributed by atoms with van der Waals surface area (Å²) < 4.78 is 28.2. The number of alkyl halides is 2. The Labute approximate surface area is 123 Å². The van der Waals surface area contributed by atoms with Gasteiger partial charge >= 0.3 is 6.61 Å². The molecule has 114 valence electrons. The lowest BCUT2D eigenvalue weighted by molar-refractivity contribution is -0.130. The molecule has 2 N–H and O–H groups in total. The summed E-state index contributed by atoms with van der Waals surface area (Å²) in [6.07, 6.45) is 1.07. The Morgan fingerprint density at radius 3 is 2.45 bits per heavy atom. The third-order valence-corrected chi connectivity index (χ3v) is 2.59. The van der Waals surface area contributed by atoms with E-state index >= 15 is 0 Å². The van der Waals surface area contributed by atoms with E-state index in [0.717, 1.165) is 5.56 Å². The molecule has 0 atom stereocenters. The second-order valence-corrected chi connectivity index (χ2v) is 4.16. The number of ether oxygens (including phenoxy) is 1. The lowest BCUT2D eigenvalue weighted by Crippen LogP contribution is -2.26. The van der Waals surface area contributed by atoms with Gasteiger partial charge in [0.05, 0.1) is 0 Å². The van der Waals surface area contributed by atoms with Gasteiger partial charge in [0.2, 0.25) is 5.91 Å². The second kappa shape index (κ2) is 9.50. The predicted octanol–water partition coefficient (Wildman–Crippen LogP) is 2.41. The van der Waals surface area contributed by atoms with E-state index in [2.05, 4.69) is 4.74 Å². The Kier molecular flexibility index (Phi) is 8.83. The van der Waals surface area contributed by atoms with Gasteiger partial charge < -0.3 is 15.4 Å². The van der Waals surface area contributed by atoms with E-state index in [-0.39, 0.29) is 24.1 Å². The fraction of sp³-hybridized carbons (Fsp3) is 0.462. The van der Waals surface area contributed by atoms with Crippen LogP contribution >= 0.6 is 12.4 Å². The van der Waals surface area contributed by atoms with E-state index in [1.165, 1.54) is 12.1 Å². The van der Waals surface area contributed by atoms with Crippen LogP contribution in [0.25, 0.3) is 0 Å². The first kappa shape index (κ1) is 18.6. The second-order valence-electron chi connectivity index (χ2n) is 4.16. The Morgan fingerprint density at radius 1 is 1.35 bits per heavy atom. The molecule has 1 aromatic rings. The third-order valence-electron chi connectivity index (χ3n) is 2.59. The third kappa shape index (κ3) is 6.68. The standard InChI is InChI=1S/C13H18F2N2O2.ClH/c1-17(12(18)3-2-8-16)9-10-4-6-11(7-5-10)19-13(14)15;/h4-7,13H,2-3,8-9,16H2,1H3;1H. The Bertz CT molecular complexity index is 402. The van der Waals surface area contributed by atoms with Crippen LogP contribution in [0.5, 0.6) is 5.75 Å². The molecular weight excluding hydrogens is 290 g/mol. The van der Waals surface area contributed by atoms with E-state index in [1.807, 2.05) is 0 Å². The summed E-state index contributed by atoms with van der Waals surface area (Å²) in [6.45, 7) is -1.91. The first-order chi connectivity index (χ1) is 9.02. The topological polar surface area (TPSA) is 55.6 Å². The summed E-state index contributed by atoms with van der Waals surface area (Å²) in [6, 6.07) is 6.23. The van der Waals surface area contributed by atoms with Crippen LogP contribution in [-0.2, 0) is 11.3 Å². The summed E-state index contributed by atoms with van der Waals surface area (Å²) in [5.41, 5.74) is 6.19. The van der Waals surface area contributed by atoms with Crippen LogP contribution < -0.4 is 10.5 Å². The van der Waals surface area contributed by atoms with E-state index in [9.17, 15) is 13.6 Å². The van der Waals surface area contributed by atoms with Gasteiger partial charge in [-0.2, -0.15) is 8.78 Å². The van der Waals surface area contributed by atoms with Crippen LogP contribution in [0, 0.1) is 0 Å². The van der Waals surface area contributed by atoms with Gasteiger partial charge in [-0.3, -0.25) is 4.79 Å². The minimum absolute atomic E-state index is 0. The summed E-state index contributed by atoms with van der Waals surface area (Å²) >= 11 is 0. The van der Waals surface area contributed by atoms with E-state index in [1.54, 1.807) is 24.1 Å². The monoisotopic (exact) mass is 308 g/mol. The molecule has 7 heteroatoms. The molecule has 0 aliphatic heterocycles. The van der Waals surface area contributed by atoms with Gasteiger partial charge in [-0.15, -0.1) is 12.4 Å². The maximum atomic E-state index is 12.0. The van der Waals surface area contributed by atoms with E-state index < -0.39 is 6.61 Å². The number of carbonyl (C=O) groups excluding carboxylic acids is 1. The number of hydrogen-bond donors (Lipinski definition) is 1. The average Bonchev–Trinajstić information content (AvgIpc) is 2.37. The summed E-state index contributed by atoms with van der Waals surface area (Å²) in [7, 11) is 1.70. The van der Waals surface area contributed by atoms with Crippen molar-refractivity contribution in [2.75, 3.05) is 13.6 Å². The van der Waals surface area contributed by atoms with Gasteiger partial charge in [0.15, 0.2) is 0 Å². The molecule has 0 heterocycles. The number of rotatable bonds is 7. The number of halogens is 3. The summed E-state index contributed by atoms with van der Waals surface area (Å²) in [4.78, 5) is 13.2. The minimum Gasteiger partial charge on any atom is -0.435 e. The van der Waals surface area contributed by atoms with Crippen LogP contribution in [0.3, 0.4) is 0 Å². The SMILES string of the molecule is CN(Cc1ccc(OC(F)F)cc1)C(=O)CCCN.Cl. The molecule has 0 saturated carbocycles. The van der Waals surface area contributed by atoms with Crippen LogP contribution in [-0.4, -0.2) is 31.0 Å². The molecule has 0 bridgehead atoms. The molecule has 0 radical (unpaired) electrons. The van der Waals surface area contributed by atoms with E-state index in [0.29, 0.717) is 25.9 Å². The molecule has 0 aliphatic carbocycles. The predicted molar refractivity (Wildman–Crippen MR) is 75.1 cm³/mol. The molecule has 0 fully saturated rings. The highest BCUT2D eigenvalue weighted by atomic mass is 35.5. The molecule has 0 spiro atoms. The fourth-order valence-electron chi connectivity index (χ4n) is 1.58. The van der Waals surface area contributed by atoms with Gasteiger partial charge in [0, 0.05) is 20.0 Å². The number of benzene rings is 1. The zero-order valence-electron chi connectivity index (χ0n) is 11.2. The molecule has 0 aliphatic rings. The smallest absolute Gasteiger partial charge is 0.387 e. The van der Waals surface area contributed by atoms with Gasteiger partial charge in [0.25, 0.3) is 0 Å². The Balaban J connectivity index is 0.00000361. The van der Waals surface area contributed by atoms with Crippen molar-refractivity contribution in [3.8, 4) is 5.75 Å². The van der Waals surface area contributed by atoms with Crippen molar-refractivity contribution in [1.82, 2.24) is 4.90 Å². The molecular formula is C13H19ClF2N2O2. The lowest BCUT2D eigenvalue weighted by Gasteiger charge is -2.17. The summed E-state index contributed by atoms with van der Waals surface area (Å²) in [5, 5.41) is 0. The summed E-state index contributed by atoms with van der Waals surface area (Å²) in [5.74, 6) is 0.120. The minimum atomic E-state index is -2.83. The zero-order valence-corrected chi connectivity index (χ0v) is 12.0. The van der Waals surface area contributed by atoms with Crippen LogP contribution in [0.15, 0.2) is 24.3 Å². The number of nitrogens with zero attached hydrogens (tertiary/aromatic N) is 1. The average molecular weight is 309 g/mol. The first-order valence-electron chi connectivity index (χ1n) is 6.00. The van der Waals surface area contributed by atoms with E-state index in [4.69, 9.17) is 5.73 Å². The first-order valence-corrected chi connectivity index (χ1v) is 6.00. The van der Waals surface area contributed by atoms with Crippen molar-refractivity contribution in [3.63, 3.8) is 0 Å². The van der Waals surface area contributed by atoms with Crippen molar-refractivity contribution in [2.24, 2.45) is 5.73 Å². The Hall–Kier alpha value is -1.40. The van der Waals surface area contributed by atoms with Gasteiger partial charge in [0.1, 0.15) is 5.75 Å². The maximum Gasteiger partial charge on any atom is 0.387 e. The highest BCUT2D eigenvalue weighted by Gasteiger charge is 2.09. The molecule has 0 unspecified atom stereocenters. The normalized spacial score (nSPS) is 10.1. The molecule has 0 aromatic heterocycles. The van der Waals surface area contributed by atoms with Crippen LogP contribution in [0.1, 0.15) is 18.4 Å². The van der Waals surface area contributed by atoms with Crippen LogP contribution in [0.4, 0.5) is 8.78 Å². The fourth-order valence-corrected chi connectivity index (χ4v) is 1.58. The largest absolute Gasteiger partial charge is 0.435 e. The molecule has 0 saturated heterocycles. The Morgan fingerprint density at radius 2 is 1.95 bits per heavy atom.